The summed E-state index contributed by atoms with van der Waals surface area (Å²) in [5, 5.41) is 9.84. The van der Waals surface area contributed by atoms with Crippen molar-refractivity contribution in [2.45, 2.75) is 76.8 Å². The Bertz CT molecular complexity index is 732. The van der Waals surface area contributed by atoms with Gasteiger partial charge in [-0.05, 0) is 47.5 Å². The fourth-order valence-corrected chi connectivity index (χ4v) is 5.41. The quantitative estimate of drug-likeness (QED) is 0.488. The first kappa shape index (κ1) is 22.7. The molecule has 8 nitrogen and oxygen atoms in total. The van der Waals surface area contributed by atoms with Crippen LogP contribution in [-0.4, -0.2) is 81.8 Å². The number of aliphatic hydroxyl groups excluding tert-OH is 1. The second-order valence-electron chi connectivity index (χ2n) is 9.49. The van der Waals surface area contributed by atoms with Gasteiger partial charge < -0.3 is 24.4 Å². The van der Waals surface area contributed by atoms with Crippen LogP contribution in [0.25, 0.3) is 0 Å². The van der Waals surface area contributed by atoms with E-state index >= 15 is 0 Å². The van der Waals surface area contributed by atoms with Crippen molar-refractivity contribution in [1.29, 1.82) is 0 Å². The Morgan fingerprint density at radius 3 is 2.67 bits per heavy atom. The van der Waals surface area contributed by atoms with Crippen LogP contribution in [0.2, 0.25) is 0 Å². The molecule has 168 valence electrons. The van der Waals surface area contributed by atoms with Crippen molar-refractivity contribution in [3.05, 3.63) is 12.7 Å². The number of likely N-dealkylation sites (tertiary alicyclic amines) is 1. The van der Waals surface area contributed by atoms with E-state index in [0.717, 1.165) is 0 Å². The molecule has 0 radical (unpaired) electrons. The van der Waals surface area contributed by atoms with Gasteiger partial charge in [-0.25, -0.2) is 0 Å². The van der Waals surface area contributed by atoms with Crippen LogP contribution in [0.5, 0.6) is 0 Å². The summed E-state index contributed by atoms with van der Waals surface area (Å²) >= 11 is 0. The van der Waals surface area contributed by atoms with Crippen LogP contribution in [0.1, 0.15) is 47.5 Å². The number of hydrogen-bond donors (Lipinski definition) is 1. The number of hydrogen-bond acceptors (Lipinski definition) is 6. The molecule has 3 saturated heterocycles. The van der Waals surface area contributed by atoms with E-state index in [1.165, 1.54) is 4.90 Å². The Labute approximate surface area is 178 Å². The van der Waals surface area contributed by atoms with Gasteiger partial charge in [-0.2, -0.15) is 0 Å². The summed E-state index contributed by atoms with van der Waals surface area (Å²) in [6.07, 6.45) is 2.34. The lowest BCUT2D eigenvalue weighted by atomic mass is 9.70. The lowest BCUT2D eigenvalue weighted by molar-refractivity contribution is -0.157. The highest BCUT2D eigenvalue weighted by atomic mass is 16.6. The van der Waals surface area contributed by atoms with Crippen LogP contribution in [0, 0.1) is 11.8 Å². The summed E-state index contributed by atoms with van der Waals surface area (Å²) in [6, 6.07) is -1.48. The highest BCUT2D eigenvalue weighted by Gasteiger charge is 2.75. The zero-order chi connectivity index (χ0) is 22.4. The number of fused-ring (bicyclic) bond motifs is 1. The molecule has 3 aliphatic rings. The predicted molar refractivity (Wildman–Crippen MR) is 109 cm³/mol. The van der Waals surface area contributed by atoms with Gasteiger partial charge in [-0.3, -0.25) is 14.4 Å². The summed E-state index contributed by atoms with van der Waals surface area (Å²) in [6.45, 7) is 13.2. The SMILES string of the molecule is C=CCN(C(=O)[C@@H]1N([C@H](C)CO)C(=O)[C@H]2[C@H](C(=O)OCC)[C@@H]3CC[C@]12O3)C(C)(C)C. The van der Waals surface area contributed by atoms with Gasteiger partial charge in [0.25, 0.3) is 0 Å². The van der Waals surface area contributed by atoms with E-state index in [4.69, 9.17) is 9.47 Å². The minimum Gasteiger partial charge on any atom is -0.466 e. The van der Waals surface area contributed by atoms with Gasteiger partial charge in [0.15, 0.2) is 0 Å². The molecule has 0 saturated carbocycles. The van der Waals surface area contributed by atoms with Crippen molar-refractivity contribution < 1.29 is 29.0 Å². The van der Waals surface area contributed by atoms with Gasteiger partial charge in [-0.15, -0.1) is 6.58 Å². The number of esters is 1. The molecule has 0 unspecified atom stereocenters. The topological polar surface area (TPSA) is 96.4 Å². The third kappa shape index (κ3) is 3.24. The number of amides is 2. The molecule has 2 bridgehead atoms. The molecule has 8 heteroatoms. The molecule has 3 heterocycles. The molecule has 0 aromatic rings. The average Bonchev–Trinajstić information content (AvgIpc) is 3.31. The lowest BCUT2D eigenvalue weighted by Gasteiger charge is -2.43. The van der Waals surface area contributed by atoms with Crippen LogP contribution in [-0.2, 0) is 23.9 Å². The Morgan fingerprint density at radius 1 is 1.47 bits per heavy atom. The number of carbonyl (C=O) groups excluding carboxylic acids is 3. The molecule has 2 amide bonds. The number of rotatable bonds is 7. The van der Waals surface area contributed by atoms with E-state index in [9.17, 15) is 19.5 Å². The smallest absolute Gasteiger partial charge is 0.312 e. The average molecular weight is 423 g/mol. The second-order valence-corrected chi connectivity index (χ2v) is 9.49. The number of carbonyl (C=O) groups is 3. The van der Waals surface area contributed by atoms with Crippen LogP contribution in [0.4, 0.5) is 0 Å². The Hall–Kier alpha value is -1.93. The first-order valence-electron chi connectivity index (χ1n) is 10.7. The van der Waals surface area contributed by atoms with Crippen molar-refractivity contribution in [2.24, 2.45) is 11.8 Å². The molecule has 0 aliphatic carbocycles. The van der Waals surface area contributed by atoms with E-state index in [-0.39, 0.29) is 25.0 Å². The maximum absolute atomic E-state index is 13.9. The minimum absolute atomic E-state index is 0.215. The van der Waals surface area contributed by atoms with E-state index in [1.807, 2.05) is 20.8 Å². The molecule has 0 aromatic heterocycles. The molecule has 3 aliphatic heterocycles. The molecule has 1 N–H and O–H groups in total. The molecular weight excluding hydrogens is 388 g/mol. The van der Waals surface area contributed by atoms with Crippen molar-refractivity contribution in [1.82, 2.24) is 9.80 Å². The zero-order valence-electron chi connectivity index (χ0n) is 18.6. The predicted octanol–water partition coefficient (Wildman–Crippen LogP) is 1.12. The zero-order valence-corrected chi connectivity index (χ0v) is 18.6. The van der Waals surface area contributed by atoms with Crippen molar-refractivity contribution in [2.75, 3.05) is 19.8 Å². The molecule has 3 fully saturated rings. The van der Waals surface area contributed by atoms with Crippen LogP contribution >= 0.6 is 0 Å². The van der Waals surface area contributed by atoms with Gasteiger partial charge >= 0.3 is 5.97 Å². The Morgan fingerprint density at radius 2 is 2.13 bits per heavy atom. The van der Waals surface area contributed by atoms with Gasteiger partial charge in [0.2, 0.25) is 11.8 Å². The standard InChI is InChI=1S/C22H34N2O6/c1-7-11-23(21(4,5)6)19(27)17-22-10-9-14(30-22)15(20(28)29-8-2)16(22)18(26)24(17)13(3)12-25/h7,13-17,25H,1,8-12H2,2-6H3/t13-,14+,15-,16-,17+,22-/m1/s1. The third-order valence-corrected chi connectivity index (χ3v) is 6.66. The second kappa shape index (κ2) is 7.96. The summed E-state index contributed by atoms with van der Waals surface area (Å²) in [7, 11) is 0. The fraction of sp³-hybridized carbons (Fsp3) is 0.773. The van der Waals surface area contributed by atoms with Crippen LogP contribution in [0.15, 0.2) is 12.7 Å². The van der Waals surface area contributed by atoms with Crippen LogP contribution < -0.4 is 0 Å². The number of aliphatic hydroxyl groups is 1. The lowest BCUT2D eigenvalue weighted by Crippen LogP contribution is -2.61. The normalized spacial score (nSPS) is 33.4. The van der Waals surface area contributed by atoms with E-state index in [0.29, 0.717) is 19.4 Å². The van der Waals surface area contributed by atoms with Gasteiger partial charge in [0.05, 0.1) is 37.2 Å². The Balaban J connectivity index is 2.09. The maximum atomic E-state index is 13.9. The van der Waals surface area contributed by atoms with Crippen molar-refractivity contribution in [3.63, 3.8) is 0 Å². The van der Waals surface area contributed by atoms with E-state index < -0.39 is 47.1 Å². The molecule has 1 spiro atoms. The summed E-state index contributed by atoms with van der Waals surface area (Å²) in [4.78, 5) is 43.3. The van der Waals surface area contributed by atoms with Crippen molar-refractivity contribution in [3.8, 4) is 0 Å². The van der Waals surface area contributed by atoms with Gasteiger partial charge in [0, 0.05) is 12.1 Å². The van der Waals surface area contributed by atoms with Gasteiger partial charge in [0.1, 0.15) is 11.6 Å². The molecular formula is C22H34N2O6. The van der Waals surface area contributed by atoms with Crippen molar-refractivity contribution >= 4 is 17.8 Å². The first-order chi connectivity index (χ1) is 14.0. The molecule has 30 heavy (non-hydrogen) atoms. The monoisotopic (exact) mass is 422 g/mol. The Kier molecular flexibility index (Phi) is 6.04. The van der Waals surface area contributed by atoms with Gasteiger partial charge in [-0.1, -0.05) is 6.08 Å². The minimum atomic E-state index is -1.08. The van der Waals surface area contributed by atoms with E-state index in [1.54, 1.807) is 24.8 Å². The largest absolute Gasteiger partial charge is 0.466 e. The number of nitrogens with zero attached hydrogens (tertiary/aromatic N) is 2. The molecule has 3 rings (SSSR count). The highest BCUT2D eigenvalue weighted by Crippen LogP contribution is 2.59. The summed E-state index contributed by atoms with van der Waals surface area (Å²) in [5.41, 5.74) is -1.58. The van der Waals surface area contributed by atoms with Crippen LogP contribution in [0.3, 0.4) is 0 Å². The summed E-state index contributed by atoms with van der Waals surface area (Å²) < 4.78 is 11.6. The highest BCUT2D eigenvalue weighted by molar-refractivity contribution is 5.98. The summed E-state index contributed by atoms with van der Waals surface area (Å²) in [5.74, 6) is -2.51. The maximum Gasteiger partial charge on any atom is 0.312 e. The van der Waals surface area contributed by atoms with E-state index in [2.05, 4.69) is 6.58 Å². The number of ether oxygens (including phenoxy) is 2. The fourth-order valence-electron chi connectivity index (χ4n) is 5.41. The molecule has 0 aromatic carbocycles. The third-order valence-electron chi connectivity index (χ3n) is 6.66. The first-order valence-corrected chi connectivity index (χ1v) is 10.7. The molecule has 6 atom stereocenters.